The van der Waals surface area contributed by atoms with Crippen LogP contribution in [0.4, 0.5) is 0 Å². The summed E-state index contributed by atoms with van der Waals surface area (Å²) in [7, 11) is -3.64. The minimum absolute atomic E-state index is 0.185. The molecule has 21 heavy (non-hydrogen) atoms. The van der Waals surface area contributed by atoms with Crippen molar-refractivity contribution < 1.29 is 13.2 Å². The average molecular weight is 452 g/mol. The van der Waals surface area contributed by atoms with Gasteiger partial charge in [0.15, 0.2) is 15.6 Å². The summed E-state index contributed by atoms with van der Waals surface area (Å²) in [5.41, 5.74) is 2.30. The van der Waals surface area contributed by atoms with Crippen LogP contribution in [0.1, 0.15) is 21.5 Å². The number of carbonyl (C=O) groups excluding carboxylic acids is 1. The number of sulfone groups is 1. The third kappa shape index (κ3) is 3.83. The van der Waals surface area contributed by atoms with Crippen molar-refractivity contribution in [3.63, 3.8) is 0 Å². The molecule has 1 aromatic carbocycles. The van der Waals surface area contributed by atoms with Crippen LogP contribution < -0.4 is 0 Å². The summed E-state index contributed by atoms with van der Waals surface area (Å²) in [6, 6.07) is 6.54. The average Bonchev–Trinajstić information content (AvgIpc) is 2.71. The van der Waals surface area contributed by atoms with Crippen LogP contribution in [-0.2, 0) is 9.84 Å². The fourth-order valence-corrected chi connectivity index (χ4v) is 5.93. The summed E-state index contributed by atoms with van der Waals surface area (Å²) in [6.45, 7) is 3.76. The van der Waals surface area contributed by atoms with E-state index in [2.05, 4.69) is 31.9 Å². The van der Waals surface area contributed by atoms with Crippen molar-refractivity contribution >= 4 is 58.8 Å². The Balaban J connectivity index is 2.31. The number of Topliss-reactive ketones (excluding diaryl/α,β-unsaturated/α-hetero) is 1. The van der Waals surface area contributed by atoms with Crippen LogP contribution >= 0.6 is 43.2 Å². The Kier molecular flexibility index (Phi) is 5.07. The molecule has 0 saturated heterocycles. The SMILES string of the molecule is Cc1ccc(S(=O)(=O)CC(=O)c2cc(Br)sc2Br)cc1C. The van der Waals surface area contributed by atoms with E-state index >= 15 is 0 Å². The maximum absolute atomic E-state index is 12.4. The third-order valence-electron chi connectivity index (χ3n) is 3.12. The van der Waals surface area contributed by atoms with Crippen LogP contribution in [0.25, 0.3) is 0 Å². The second-order valence-electron chi connectivity index (χ2n) is 4.67. The van der Waals surface area contributed by atoms with Crippen molar-refractivity contribution in [1.82, 2.24) is 0 Å². The number of benzene rings is 1. The zero-order chi connectivity index (χ0) is 15.8. The number of carbonyl (C=O) groups is 1. The molecule has 0 atom stereocenters. The van der Waals surface area contributed by atoms with Crippen LogP contribution in [0.2, 0.25) is 0 Å². The van der Waals surface area contributed by atoms with E-state index < -0.39 is 21.4 Å². The minimum Gasteiger partial charge on any atom is -0.293 e. The first-order valence-corrected chi connectivity index (χ1v) is 10.0. The van der Waals surface area contributed by atoms with Gasteiger partial charge in [-0.2, -0.15) is 0 Å². The van der Waals surface area contributed by atoms with Gasteiger partial charge in [-0.05, 0) is 75.0 Å². The molecule has 0 radical (unpaired) electrons. The normalized spacial score (nSPS) is 11.6. The number of hydrogen-bond donors (Lipinski definition) is 0. The molecule has 3 nitrogen and oxygen atoms in total. The summed E-state index contributed by atoms with van der Waals surface area (Å²) < 4.78 is 26.1. The predicted octanol–water partition coefficient (Wildman–Crippen LogP) is 4.55. The Hall–Kier alpha value is -0.500. The molecule has 0 bridgehead atoms. The Morgan fingerprint density at radius 3 is 2.33 bits per heavy atom. The molecule has 0 aliphatic heterocycles. The first kappa shape index (κ1) is 16.9. The molecular formula is C14H12Br2O3S2. The lowest BCUT2D eigenvalue weighted by atomic mass is 10.1. The van der Waals surface area contributed by atoms with Crippen LogP contribution in [0.5, 0.6) is 0 Å². The molecule has 0 spiro atoms. The van der Waals surface area contributed by atoms with Crippen LogP contribution in [0.3, 0.4) is 0 Å². The smallest absolute Gasteiger partial charge is 0.185 e. The quantitative estimate of drug-likeness (QED) is 0.640. The monoisotopic (exact) mass is 450 g/mol. The maximum Gasteiger partial charge on any atom is 0.185 e. The zero-order valence-corrected chi connectivity index (χ0v) is 16.1. The summed E-state index contributed by atoms with van der Waals surface area (Å²) in [6.07, 6.45) is 0. The van der Waals surface area contributed by atoms with Crippen LogP contribution in [-0.4, -0.2) is 20.0 Å². The number of halogens is 2. The molecule has 1 heterocycles. The molecule has 7 heteroatoms. The molecule has 0 fully saturated rings. The van der Waals surface area contributed by atoms with Gasteiger partial charge in [-0.1, -0.05) is 6.07 Å². The Morgan fingerprint density at radius 2 is 1.81 bits per heavy atom. The number of ketones is 1. The Bertz CT molecular complexity index is 808. The summed E-state index contributed by atoms with van der Waals surface area (Å²) in [5, 5.41) is 0. The van der Waals surface area contributed by atoms with Crippen molar-refractivity contribution in [2.75, 3.05) is 5.75 Å². The zero-order valence-electron chi connectivity index (χ0n) is 11.3. The largest absolute Gasteiger partial charge is 0.293 e. The van der Waals surface area contributed by atoms with Gasteiger partial charge in [0, 0.05) is 5.56 Å². The van der Waals surface area contributed by atoms with Crippen LogP contribution in [0.15, 0.2) is 36.7 Å². The van der Waals surface area contributed by atoms with Crippen molar-refractivity contribution in [3.05, 3.63) is 48.5 Å². The lowest BCUT2D eigenvalue weighted by Gasteiger charge is -2.06. The first-order chi connectivity index (χ1) is 9.70. The van der Waals surface area contributed by atoms with E-state index in [4.69, 9.17) is 0 Å². The van der Waals surface area contributed by atoms with E-state index in [1.807, 2.05) is 13.8 Å². The Morgan fingerprint density at radius 1 is 1.14 bits per heavy atom. The van der Waals surface area contributed by atoms with Gasteiger partial charge in [0.05, 0.1) is 12.5 Å². The molecule has 112 valence electrons. The lowest BCUT2D eigenvalue weighted by Crippen LogP contribution is -2.16. The topological polar surface area (TPSA) is 51.2 Å². The van der Waals surface area contributed by atoms with E-state index in [-0.39, 0.29) is 4.90 Å². The van der Waals surface area contributed by atoms with Gasteiger partial charge in [0.2, 0.25) is 0 Å². The highest BCUT2D eigenvalue weighted by Gasteiger charge is 2.23. The molecule has 2 rings (SSSR count). The lowest BCUT2D eigenvalue weighted by molar-refractivity contribution is 0.102. The van der Waals surface area contributed by atoms with E-state index in [1.165, 1.54) is 11.3 Å². The second-order valence-corrected chi connectivity index (χ2v) is 10.4. The Labute approximate surface area is 144 Å². The highest BCUT2D eigenvalue weighted by atomic mass is 79.9. The van der Waals surface area contributed by atoms with Crippen molar-refractivity contribution in [2.24, 2.45) is 0 Å². The van der Waals surface area contributed by atoms with E-state index in [0.717, 1.165) is 14.9 Å². The van der Waals surface area contributed by atoms with Crippen molar-refractivity contribution in [2.45, 2.75) is 18.7 Å². The fraction of sp³-hybridized carbons (Fsp3) is 0.214. The number of thiophene rings is 1. The molecule has 0 saturated carbocycles. The minimum atomic E-state index is -3.64. The van der Waals surface area contributed by atoms with Gasteiger partial charge >= 0.3 is 0 Å². The summed E-state index contributed by atoms with van der Waals surface area (Å²) >= 11 is 7.90. The third-order valence-corrected chi connectivity index (χ3v) is 7.07. The van der Waals surface area contributed by atoms with E-state index in [1.54, 1.807) is 24.3 Å². The number of rotatable bonds is 4. The molecule has 0 amide bonds. The molecule has 2 aromatic rings. The van der Waals surface area contributed by atoms with E-state index in [0.29, 0.717) is 9.35 Å². The molecular weight excluding hydrogens is 440 g/mol. The fourth-order valence-electron chi connectivity index (χ4n) is 1.77. The van der Waals surface area contributed by atoms with Gasteiger partial charge in [-0.15, -0.1) is 11.3 Å². The maximum atomic E-state index is 12.4. The van der Waals surface area contributed by atoms with Gasteiger partial charge < -0.3 is 0 Å². The van der Waals surface area contributed by atoms with Crippen LogP contribution in [0, 0.1) is 13.8 Å². The number of hydrogen-bond acceptors (Lipinski definition) is 4. The van der Waals surface area contributed by atoms with Gasteiger partial charge in [0.25, 0.3) is 0 Å². The van der Waals surface area contributed by atoms with Gasteiger partial charge in [-0.3, -0.25) is 4.79 Å². The predicted molar refractivity (Wildman–Crippen MR) is 92.0 cm³/mol. The van der Waals surface area contributed by atoms with Crippen molar-refractivity contribution in [3.8, 4) is 0 Å². The van der Waals surface area contributed by atoms with Gasteiger partial charge in [-0.25, -0.2) is 8.42 Å². The highest BCUT2D eigenvalue weighted by molar-refractivity contribution is 9.12. The second kappa shape index (κ2) is 6.32. The standard InChI is InChI=1S/C14H12Br2O3S2/c1-8-3-4-10(5-9(8)2)21(18,19)7-12(17)11-6-13(15)20-14(11)16/h3-6H,7H2,1-2H3. The van der Waals surface area contributed by atoms with E-state index in [9.17, 15) is 13.2 Å². The molecule has 0 aliphatic carbocycles. The van der Waals surface area contributed by atoms with Crippen molar-refractivity contribution in [1.29, 1.82) is 0 Å². The first-order valence-electron chi connectivity index (χ1n) is 5.99. The molecule has 0 aliphatic rings. The molecule has 0 unspecified atom stereocenters. The summed E-state index contributed by atoms with van der Waals surface area (Å²) in [4.78, 5) is 12.4. The molecule has 1 aromatic heterocycles. The summed E-state index contributed by atoms with van der Waals surface area (Å²) in [5.74, 6) is -0.945. The molecule has 0 N–H and O–H groups in total. The number of aryl methyl sites for hydroxylation is 2. The van der Waals surface area contributed by atoms with Gasteiger partial charge in [0.1, 0.15) is 5.75 Å². The highest BCUT2D eigenvalue weighted by Crippen LogP contribution is 2.32.